The van der Waals surface area contributed by atoms with E-state index in [0.29, 0.717) is 10.9 Å². The molecule has 2 unspecified atom stereocenters. The van der Waals surface area contributed by atoms with E-state index in [-0.39, 0.29) is 11.9 Å². The van der Waals surface area contributed by atoms with Gasteiger partial charge in [-0.1, -0.05) is 24.6 Å². The van der Waals surface area contributed by atoms with Crippen LogP contribution in [0, 0.1) is 12.8 Å². The van der Waals surface area contributed by atoms with Gasteiger partial charge in [0.15, 0.2) is 0 Å². The molecule has 1 amide bonds. The predicted octanol–water partition coefficient (Wildman–Crippen LogP) is 2.61. The molecule has 3 nitrogen and oxygen atoms in total. The van der Waals surface area contributed by atoms with Crippen molar-refractivity contribution in [2.75, 3.05) is 18.0 Å². The highest BCUT2D eigenvalue weighted by molar-refractivity contribution is 6.31. The highest BCUT2D eigenvalue weighted by Crippen LogP contribution is 2.26. The molecule has 1 N–H and O–H groups in total. The van der Waals surface area contributed by atoms with Crippen LogP contribution in [0.4, 0.5) is 5.69 Å². The van der Waals surface area contributed by atoms with E-state index >= 15 is 0 Å². The van der Waals surface area contributed by atoms with Crippen molar-refractivity contribution in [2.24, 2.45) is 5.92 Å². The van der Waals surface area contributed by atoms with Crippen molar-refractivity contribution in [1.29, 1.82) is 0 Å². The number of aryl methyl sites for hydroxylation is 1. The smallest absolute Gasteiger partial charge is 0.243 e. The van der Waals surface area contributed by atoms with Crippen molar-refractivity contribution in [3.8, 4) is 0 Å². The number of carbonyl (C=O) groups excluding carboxylic acids is 1. The van der Waals surface area contributed by atoms with E-state index in [1.54, 1.807) is 0 Å². The van der Waals surface area contributed by atoms with Crippen molar-refractivity contribution >= 4 is 23.2 Å². The Hall–Kier alpha value is -1.06. The molecule has 0 saturated carbocycles. The van der Waals surface area contributed by atoms with Gasteiger partial charge in [-0.05, 0) is 37.5 Å². The van der Waals surface area contributed by atoms with Gasteiger partial charge in [0.25, 0.3) is 0 Å². The molecule has 1 aromatic carbocycles. The number of benzene rings is 1. The van der Waals surface area contributed by atoms with Crippen LogP contribution in [0.15, 0.2) is 18.2 Å². The van der Waals surface area contributed by atoms with E-state index in [9.17, 15) is 4.79 Å². The Labute approximate surface area is 113 Å². The van der Waals surface area contributed by atoms with Gasteiger partial charge in [-0.3, -0.25) is 4.79 Å². The molecule has 2 rings (SSSR count). The Morgan fingerprint density at radius 3 is 2.83 bits per heavy atom. The minimum atomic E-state index is -0.145. The SMILES string of the molecule is Cc1ccc(Cl)cc1N1CC(C)CNC(C)C1=O. The number of hydrogen-bond acceptors (Lipinski definition) is 2. The summed E-state index contributed by atoms with van der Waals surface area (Å²) in [6.45, 7) is 7.66. The van der Waals surface area contributed by atoms with Gasteiger partial charge in [0.2, 0.25) is 5.91 Å². The van der Waals surface area contributed by atoms with Crippen LogP contribution in [-0.2, 0) is 4.79 Å². The van der Waals surface area contributed by atoms with E-state index in [2.05, 4.69) is 12.2 Å². The molecule has 0 aliphatic carbocycles. The average Bonchev–Trinajstić information content (AvgIpc) is 2.46. The number of anilines is 1. The maximum atomic E-state index is 12.4. The first kappa shape index (κ1) is 13.4. The summed E-state index contributed by atoms with van der Waals surface area (Å²) in [5, 5.41) is 3.92. The van der Waals surface area contributed by atoms with Gasteiger partial charge >= 0.3 is 0 Å². The number of halogens is 1. The third-order valence-corrected chi connectivity index (χ3v) is 3.60. The maximum Gasteiger partial charge on any atom is 0.243 e. The van der Waals surface area contributed by atoms with Crippen LogP contribution in [0.1, 0.15) is 19.4 Å². The largest absolute Gasteiger partial charge is 0.310 e. The number of rotatable bonds is 1. The first-order valence-corrected chi connectivity index (χ1v) is 6.67. The monoisotopic (exact) mass is 266 g/mol. The van der Waals surface area contributed by atoms with Crippen LogP contribution in [0.3, 0.4) is 0 Å². The molecule has 0 aromatic heterocycles. The van der Waals surface area contributed by atoms with Crippen LogP contribution >= 0.6 is 11.6 Å². The lowest BCUT2D eigenvalue weighted by Gasteiger charge is -2.26. The quantitative estimate of drug-likeness (QED) is 0.848. The third kappa shape index (κ3) is 2.68. The zero-order chi connectivity index (χ0) is 13.3. The summed E-state index contributed by atoms with van der Waals surface area (Å²) in [5.74, 6) is 0.544. The van der Waals surface area contributed by atoms with Crippen molar-refractivity contribution in [2.45, 2.75) is 26.8 Å². The first-order valence-electron chi connectivity index (χ1n) is 6.30. The molecule has 18 heavy (non-hydrogen) atoms. The van der Waals surface area contributed by atoms with Gasteiger partial charge in [0.1, 0.15) is 0 Å². The lowest BCUT2D eigenvalue weighted by Crippen LogP contribution is -2.42. The molecule has 1 saturated heterocycles. The van der Waals surface area contributed by atoms with Crippen LogP contribution in [0.25, 0.3) is 0 Å². The fraction of sp³-hybridized carbons (Fsp3) is 0.500. The van der Waals surface area contributed by atoms with Gasteiger partial charge in [-0.25, -0.2) is 0 Å². The Kier molecular flexibility index (Phi) is 3.93. The zero-order valence-corrected chi connectivity index (χ0v) is 11.8. The Bertz CT molecular complexity index is 461. The second-order valence-corrected chi connectivity index (χ2v) is 5.55. The summed E-state index contributed by atoms with van der Waals surface area (Å²) in [4.78, 5) is 14.2. The summed E-state index contributed by atoms with van der Waals surface area (Å²) >= 11 is 6.04. The first-order chi connectivity index (χ1) is 8.49. The molecular formula is C14H19ClN2O. The fourth-order valence-electron chi connectivity index (χ4n) is 2.26. The van der Waals surface area contributed by atoms with Gasteiger partial charge < -0.3 is 10.2 Å². The van der Waals surface area contributed by atoms with Gasteiger partial charge in [-0.15, -0.1) is 0 Å². The molecule has 4 heteroatoms. The third-order valence-electron chi connectivity index (χ3n) is 3.37. The van der Waals surface area contributed by atoms with Crippen LogP contribution in [-0.4, -0.2) is 25.0 Å². The minimum Gasteiger partial charge on any atom is -0.310 e. The molecular weight excluding hydrogens is 248 g/mol. The standard InChI is InChI=1S/C14H19ClN2O/c1-9-7-16-11(3)14(18)17(8-9)13-6-12(15)5-4-10(13)2/h4-6,9,11,16H,7-8H2,1-3H3. The highest BCUT2D eigenvalue weighted by atomic mass is 35.5. The molecule has 98 valence electrons. The van der Waals surface area contributed by atoms with Crippen LogP contribution in [0.5, 0.6) is 0 Å². The second kappa shape index (κ2) is 5.29. The van der Waals surface area contributed by atoms with E-state index < -0.39 is 0 Å². The molecule has 0 radical (unpaired) electrons. The summed E-state index contributed by atoms with van der Waals surface area (Å²) in [7, 11) is 0. The number of carbonyl (C=O) groups is 1. The van der Waals surface area contributed by atoms with E-state index in [4.69, 9.17) is 11.6 Å². The number of hydrogen-bond donors (Lipinski definition) is 1. The molecule has 1 aliphatic heterocycles. The van der Waals surface area contributed by atoms with E-state index in [1.807, 2.05) is 36.9 Å². The second-order valence-electron chi connectivity index (χ2n) is 5.11. The van der Waals surface area contributed by atoms with Crippen LogP contribution < -0.4 is 10.2 Å². The highest BCUT2D eigenvalue weighted by Gasteiger charge is 2.28. The van der Waals surface area contributed by atoms with Crippen molar-refractivity contribution in [3.63, 3.8) is 0 Å². The van der Waals surface area contributed by atoms with Gasteiger partial charge in [0, 0.05) is 23.8 Å². The number of nitrogens with zero attached hydrogens (tertiary/aromatic N) is 1. The van der Waals surface area contributed by atoms with Gasteiger partial charge in [0.05, 0.1) is 6.04 Å². The van der Waals surface area contributed by atoms with Crippen molar-refractivity contribution in [1.82, 2.24) is 5.32 Å². The summed E-state index contributed by atoms with van der Waals surface area (Å²) in [5.41, 5.74) is 2.00. The van der Waals surface area contributed by atoms with E-state index in [0.717, 1.165) is 24.3 Å². The molecule has 1 aliphatic rings. The van der Waals surface area contributed by atoms with Crippen molar-refractivity contribution in [3.05, 3.63) is 28.8 Å². The Morgan fingerprint density at radius 1 is 1.39 bits per heavy atom. The lowest BCUT2D eigenvalue weighted by atomic mass is 10.1. The summed E-state index contributed by atoms with van der Waals surface area (Å²) < 4.78 is 0. The lowest BCUT2D eigenvalue weighted by molar-refractivity contribution is -0.119. The van der Waals surface area contributed by atoms with E-state index in [1.165, 1.54) is 0 Å². The van der Waals surface area contributed by atoms with Crippen LogP contribution in [0.2, 0.25) is 5.02 Å². The molecule has 1 fully saturated rings. The number of nitrogens with one attached hydrogen (secondary N) is 1. The molecule has 0 bridgehead atoms. The topological polar surface area (TPSA) is 32.3 Å². The molecule has 1 heterocycles. The minimum absolute atomic E-state index is 0.115. The molecule has 0 spiro atoms. The average molecular weight is 267 g/mol. The predicted molar refractivity (Wildman–Crippen MR) is 75.2 cm³/mol. The molecule has 2 atom stereocenters. The maximum absolute atomic E-state index is 12.4. The Balaban J connectivity index is 2.39. The molecule has 1 aromatic rings. The number of amides is 1. The summed E-state index contributed by atoms with van der Waals surface area (Å²) in [6.07, 6.45) is 0. The zero-order valence-electron chi connectivity index (χ0n) is 11.0. The Morgan fingerprint density at radius 2 is 2.11 bits per heavy atom. The van der Waals surface area contributed by atoms with Crippen molar-refractivity contribution < 1.29 is 4.79 Å². The fourth-order valence-corrected chi connectivity index (χ4v) is 2.42. The van der Waals surface area contributed by atoms with Gasteiger partial charge in [-0.2, -0.15) is 0 Å². The normalized spacial score (nSPS) is 25.1. The summed E-state index contributed by atoms with van der Waals surface area (Å²) in [6, 6.07) is 5.54.